The fourth-order valence-corrected chi connectivity index (χ4v) is 4.32. The van der Waals surface area contributed by atoms with Gasteiger partial charge in [-0.15, -0.1) is 0 Å². The molecule has 2 N–H and O–H groups in total. The van der Waals surface area contributed by atoms with Crippen LogP contribution in [-0.2, 0) is 0 Å². The Kier molecular flexibility index (Phi) is 5.21. The number of hydrogen-bond donors (Lipinski definition) is 1. The maximum atomic E-state index is 12.6. The Hall–Kier alpha value is -4.27. The summed E-state index contributed by atoms with van der Waals surface area (Å²) in [4.78, 5) is 12.6. The lowest BCUT2D eigenvalue weighted by Gasteiger charge is -2.27. The van der Waals surface area contributed by atoms with Gasteiger partial charge >= 0.3 is 5.97 Å². The Balaban J connectivity index is 1.58. The van der Waals surface area contributed by atoms with Crippen LogP contribution in [0.3, 0.4) is 0 Å². The van der Waals surface area contributed by atoms with Crippen LogP contribution in [0.1, 0.15) is 27.4 Å². The van der Waals surface area contributed by atoms with E-state index in [2.05, 4.69) is 6.07 Å². The predicted octanol–water partition coefficient (Wildman–Crippen LogP) is 5.93. The lowest BCUT2D eigenvalue weighted by Crippen LogP contribution is -2.21. The van der Waals surface area contributed by atoms with Crippen LogP contribution in [0.15, 0.2) is 96.4 Å². The summed E-state index contributed by atoms with van der Waals surface area (Å²) in [7, 11) is 0. The van der Waals surface area contributed by atoms with Crippen molar-refractivity contribution in [1.29, 1.82) is 5.26 Å². The minimum absolute atomic E-state index is 0.0255. The second-order valence-corrected chi connectivity index (χ2v) is 7.97. The molecule has 5 rings (SSSR count). The molecule has 6 heteroatoms. The molecule has 0 saturated heterocycles. The van der Waals surface area contributed by atoms with E-state index < -0.39 is 11.9 Å². The molecule has 1 heterocycles. The zero-order chi connectivity index (χ0) is 22.9. The number of nitrogens with two attached hydrogens (primary N) is 1. The molecule has 160 valence electrons. The standard InChI is InChI=1S/C27H17ClN2O3/c28-23-11-4-3-9-20(23)27(31)32-17-12-13-21-24(14-17)33-26(30)22(15-29)25(21)19-10-5-7-16-6-1-2-8-18(16)19/h1-14,25H,30H2. The van der Waals surface area contributed by atoms with Crippen molar-refractivity contribution in [3.8, 4) is 17.6 Å². The maximum absolute atomic E-state index is 12.6. The molecule has 4 aromatic rings. The van der Waals surface area contributed by atoms with Gasteiger partial charge in [0, 0.05) is 11.6 Å². The van der Waals surface area contributed by atoms with E-state index in [1.807, 2.05) is 42.5 Å². The van der Waals surface area contributed by atoms with Gasteiger partial charge < -0.3 is 15.2 Å². The normalized spacial score (nSPS) is 14.8. The third kappa shape index (κ3) is 3.67. The summed E-state index contributed by atoms with van der Waals surface area (Å²) >= 11 is 6.11. The van der Waals surface area contributed by atoms with Crippen molar-refractivity contribution < 1.29 is 14.3 Å². The number of nitriles is 1. The van der Waals surface area contributed by atoms with Crippen molar-refractivity contribution in [3.63, 3.8) is 0 Å². The third-order valence-corrected chi connectivity index (χ3v) is 5.96. The molecule has 1 aliphatic rings. The molecule has 0 aromatic heterocycles. The first kappa shape index (κ1) is 20.6. The number of esters is 1. The Morgan fingerprint density at radius 2 is 1.73 bits per heavy atom. The van der Waals surface area contributed by atoms with E-state index in [4.69, 9.17) is 26.8 Å². The van der Waals surface area contributed by atoms with Gasteiger partial charge in [-0.3, -0.25) is 0 Å². The summed E-state index contributed by atoms with van der Waals surface area (Å²) in [6.07, 6.45) is 0. The van der Waals surface area contributed by atoms with Crippen molar-refractivity contribution >= 4 is 28.3 Å². The van der Waals surface area contributed by atoms with E-state index in [1.165, 1.54) is 0 Å². The SMILES string of the molecule is N#CC1=C(N)Oc2cc(OC(=O)c3ccccc3Cl)ccc2C1c1cccc2ccccc12. The monoisotopic (exact) mass is 452 g/mol. The topological polar surface area (TPSA) is 85.3 Å². The number of carbonyl (C=O) groups excluding carboxylic acids is 1. The lowest BCUT2D eigenvalue weighted by atomic mass is 9.81. The summed E-state index contributed by atoms with van der Waals surface area (Å²) in [5.74, 6) is -0.267. The van der Waals surface area contributed by atoms with Gasteiger partial charge in [-0.25, -0.2) is 4.79 Å². The average molecular weight is 453 g/mol. The number of benzene rings is 4. The molecule has 0 fully saturated rings. The Labute approximate surface area is 195 Å². The van der Waals surface area contributed by atoms with E-state index in [9.17, 15) is 10.1 Å². The summed E-state index contributed by atoms with van der Waals surface area (Å²) in [6, 6.07) is 27.9. The number of rotatable bonds is 3. The van der Waals surface area contributed by atoms with Gasteiger partial charge in [-0.2, -0.15) is 5.26 Å². The Bertz CT molecular complexity index is 1480. The first-order valence-corrected chi connectivity index (χ1v) is 10.6. The van der Waals surface area contributed by atoms with E-state index >= 15 is 0 Å². The zero-order valence-corrected chi connectivity index (χ0v) is 18.0. The summed E-state index contributed by atoms with van der Waals surface area (Å²) in [6.45, 7) is 0. The van der Waals surface area contributed by atoms with Crippen LogP contribution in [0.4, 0.5) is 0 Å². The van der Waals surface area contributed by atoms with Crippen LogP contribution in [-0.4, -0.2) is 5.97 Å². The van der Waals surface area contributed by atoms with Gasteiger partial charge in [0.05, 0.1) is 16.5 Å². The van der Waals surface area contributed by atoms with Crippen LogP contribution in [0, 0.1) is 11.3 Å². The van der Waals surface area contributed by atoms with Crippen molar-refractivity contribution in [1.82, 2.24) is 0 Å². The molecule has 0 spiro atoms. The fourth-order valence-electron chi connectivity index (χ4n) is 4.11. The summed E-state index contributed by atoms with van der Waals surface area (Å²) in [5, 5.41) is 12.3. The second kappa shape index (κ2) is 8.34. The molecule has 0 aliphatic carbocycles. The zero-order valence-electron chi connectivity index (χ0n) is 17.3. The van der Waals surface area contributed by atoms with Crippen molar-refractivity contribution in [2.75, 3.05) is 0 Å². The molecular weight excluding hydrogens is 436 g/mol. The largest absolute Gasteiger partial charge is 0.440 e. The van der Waals surface area contributed by atoms with Crippen LogP contribution in [0.2, 0.25) is 5.02 Å². The van der Waals surface area contributed by atoms with Gasteiger partial charge in [0.15, 0.2) is 0 Å². The van der Waals surface area contributed by atoms with Crippen LogP contribution in [0.25, 0.3) is 10.8 Å². The molecule has 0 bridgehead atoms. The number of halogens is 1. The number of nitrogens with zero attached hydrogens (tertiary/aromatic N) is 1. The highest BCUT2D eigenvalue weighted by Crippen LogP contribution is 2.45. The fraction of sp³-hybridized carbons (Fsp3) is 0.0370. The molecule has 4 aromatic carbocycles. The molecule has 33 heavy (non-hydrogen) atoms. The smallest absolute Gasteiger partial charge is 0.345 e. The molecule has 5 nitrogen and oxygen atoms in total. The highest BCUT2D eigenvalue weighted by atomic mass is 35.5. The molecular formula is C27H17ClN2O3. The third-order valence-electron chi connectivity index (χ3n) is 5.63. The van der Waals surface area contributed by atoms with Gasteiger partial charge in [0.2, 0.25) is 5.88 Å². The Morgan fingerprint density at radius 1 is 0.970 bits per heavy atom. The number of ether oxygens (including phenoxy) is 2. The molecule has 0 amide bonds. The molecule has 1 unspecified atom stereocenters. The van der Waals surface area contributed by atoms with Gasteiger partial charge in [0.25, 0.3) is 0 Å². The average Bonchev–Trinajstić information content (AvgIpc) is 2.83. The molecule has 0 radical (unpaired) electrons. The lowest BCUT2D eigenvalue weighted by molar-refractivity contribution is 0.0734. The highest BCUT2D eigenvalue weighted by molar-refractivity contribution is 6.33. The number of allylic oxidation sites excluding steroid dienone is 1. The number of carbonyl (C=O) groups is 1. The second-order valence-electron chi connectivity index (χ2n) is 7.56. The van der Waals surface area contributed by atoms with E-state index in [-0.39, 0.29) is 17.2 Å². The van der Waals surface area contributed by atoms with Crippen molar-refractivity contribution in [2.24, 2.45) is 5.73 Å². The van der Waals surface area contributed by atoms with Crippen LogP contribution in [0.5, 0.6) is 11.5 Å². The quantitative estimate of drug-likeness (QED) is 0.307. The minimum Gasteiger partial charge on any atom is -0.440 e. The van der Waals surface area contributed by atoms with E-state index in [0.717, 1.165) is 21.9 Å². The number of fused-ring (bicyclic) bond motifs is 2. The van der Waals surface area contributed by atoms with Crippen molar-refractivity contribution in [2.45, 2.75) is 5.92 Å². The summed E-state index contributed by atoms with van der Waals surface area (Å²) in [5.41, 5.74) is 8.44. The van der Waals surface area contributed by atoms with Gasteiger partial charge in [0.1, 0.15) is 23.1 Å². The highest BCUT2D eigenvalue weighted by Gasteiger charge is 2.32. The van der Waals surface area contributed by atoms with E-state index in [0.29, 0.717) is 16.3 Å². The molecule has 1 aliphatic heterocycles. The predicted molar refractivity (Wildman–Crippen MR) is 126 cm³/mol. The van der Waals surface area contributed by atoms with Gasteiger partial charge in [-0.05, 0) is 34.5 Å². The van der Waals surface area contributed by atoms with E-state index in [1.54, 1.807) is 42.5 Å². The van der Waals surface area contributed by atoms with Crippen LogP contribution < -0.4 is 15.2 Å². The molecule has 1 atom stereocenters. The first-order valence-electron chi connectivity index (χ1n) is 10.2. The summed E-state index contributed by atoms with van der Waals surface area (Å²) < 4.78 is 11.3. The van der Waals surface area contributed by atoms with Gasteiger partial charge in [-0.1, -0.05) is 72.3 Å². The van der Waals surface area contributed by atoms with Crippen molar-refractivity contribution in [3.05, 3.63) is 118 Å². The Morgan fingerprint density at radius 3 is 2.55 bits per heavy atom. The molecule has 0 saturated carbocycles. The minimum atomic E-state index is -0.580. The first-order chi connectivity index (χ1) is 16.1. The van der Waals surface area contributed by atoms with Crippen LogP contribution >= 0.6 is 11.6 Å². The number of hydrogen-bond acceptors (Lipinski definition) is 5. The maximum Gasteiger partial charge on any atom is 0.345 e.